The molecular formula is C20H29N5O2. The van der Waals surface area contributed by atoms with Gasteiger partial charge in [0.1, 0.15) is 0 Å². The van der Waals surface area contributed by atoms with Gasteiger partial charge in [0, 0.05) is 43.4 Å². The first-order valence-corrected chi connectivity index (χ1v) is 9.73. The quantitative estimate of drug-likeness (QED) is 0.841. The molecule has 1 atom stereocenters. The third-order valence-electron chi connectivity index (χ3n) is 5.55. The molecule has 7 nitrogen and oxygen atoms in total. The molecule has 0 aromatic carbocycles. The lowest BCUT2D eigenvalue weighted by molar-refractivity contribution is -0.133. The Bertz CT molecular complexity index is 858. The van der Waals surface area contributed by atoms with Gasteiger partial charge in [-0.15, -0.1) is 0 Å². The lowest BCUT2D eigenvalue weighted by Gasteiger charge is -2.33. The van der Waals surface area contributed by atoms with Crippen molar-refractivity contribution in [3.8, 4) is 0 Å². The first-order chi connectivity index (χ1) is 12.8. The summed E-state index contributed by atoms with van der Waals surface area (Å²) in [4.78, 5) is 30.3. The summed E-state index contributed by atoms with van der Waals surface area (Å²) in [6.07, 6.45) is 4.37. The lowest BCUT2D eigenvalue weighted by Crippen LogP contribution is -2.40. The zero-order chi connectivity index (χ0) is 19.6. The number of primary amides is 1. The number of hydrogen-bond acceptors (Lipinski definition) is 4. The Labute approximate surface area is 159 Å². The van der Waals surface area contributed by atoms with Gasteiger partial charge in [0.25, 0.3) is 0 Å². The van der Waals surface area contributed by atoms with Crippen molar-refractivity contribution in [2.75, 3.05) is 13.1 Å². The van der Waals surface area contributed by atoms with Crippen LogP contribution in [-0.2, 0) is 16.0 Å². The number of nitrogens with two attached hydrogens (primary N) is 1. The maximum Gasteiger partial charge on any atom is 0.222 e. The zero-order valence-corrected chi connectivity index (χ0v) is 16.5. The number of carbonyl (C=O) groups excluding carboxylic acids is 2. The summed E-state index contributed by atoms with van der Waals surface area (Å²) in [7, 11) is 0. The number of aromatic nitrogens is 3. The van der Waals surface area contributed by atoms with Gasteiger partial charge >= 0.3 is 0 Å². The molecule has 2 N–H and O–H groups in total. The van der Waals surface area contributed by atoms with Crippen LogP contribution in [0.3, 0.4) is 0 Å². The van der Waals surface area contributed by atoms with Crippen LogP contribution >= 0.6 is 0 Å². The maximum absolute atomic E-state index is 12.7. The zero-order valence-electron chi connectivity index (χ0n) is 16.5. The molecule has 0 spiro atoms. The number of nitrogens with zero attached hydrogens (tertiary/aromatic N) is 4. The number of fused-ring (bicyclic) bond motifs is 1. The predicted octanol–water partition coefficient (Wildman–Crippen LogP) is 2.09. The Morgan fingerprint density at radius 1 is 1.26 bits per heavy atom. The minimum atomic E-state index is -0.263. The molecule has 27 heavy (non-hydrogen) atoms. The second kappa shape index (κ2) is 8.06. The minimum Gasteiger partial charge on any atom is -0.370 e. The molecule has 2 amide bonds. The molecular weight excluding hydrogens is 342 g/mol. The monoisotopic (exact) mass is 371 g/mol. The van der Waals surface area contributed by atoms with Crippen LogP contribution in [-0.4, -0.2) is 44.4 Å². The van der Waals surface area contributed by atoms with Crippen molar-refractivity contribution in [3.05, 3.63) is 28.7 Å². The second-order valence-electron chi connectivity index (χ2n) is 7.67. The molecule has 1 unspecified atom stereocenters. The normalized spacial score (nSPS) is 17.4. The van der Waals surface area contributed by atoms with E-state index >= 15 is 0 Å². The summed E-state index contributed by atoms with van der Waals surface area (Å²) in [5, 5.41) is 4.50. The van der Waals surface area contributed by atoms with Crippen molar-refractivity contribution < 1.29 is 9.59 Å². The van der Waals surface area contributed by atoms with E-state index in [0.29, 0.717) is 25.2 Å². The van der Waals surface area contributed by atoms with Crippen molar-refractivity contribution in [1.29, 1.82) is 0 Å². The summed E-state index contributed by atoms with van der Waals surface area (Å²) in [5.74, 6) is 0.291. The topological polar surface area (TPSA) is 93.6 Å². The summed E-state index contributed by atoms with van der Waals surface area (Å²) < 4.78 is 1.86. The van der Waals surface area contributed by atoms with Gasteiger partial charge in [0.05, 0.1) is 5.69 Å². The fraction of sp³-hybridized carbons (Fsp3) is 0.600. The average molecular weight is 371 g/mol. The predicted molar refractivity (Wildman–Crippen MR) is 103 cm³/mol. The number of likely N-dealkylation sites (tertiary alicyclic amines) is 1. The van der Waals surface area contributed by atoms with Gasteiger partial charge in [0.15, 0.2) is 5.65 Å². The highest BCUT2D eigenvalue weighted by Crippen LogP contribution is 2.22. The molecule has 0 saturated carbocycles. The number of hydrogen-bond donors (Lipinski definition) is 1. The van der Waals surface area contributed by atoms with Gasteiger partial charge in [0.2, 0.25) is 11.8 Å². The molecule has 0 aliphatic carbocycles. The van der Waals surface area contributed by atoms with Gasteiger partial charge in [-0.05, 0) is 57.9 Å². The van der Waals surface area contributed by atoms with Crippen LogP contribution in [0, 0.1) is 26.7 Å². The summed E-state index contributed by atoms with van der Waals surface area (Å²) in [6, 6.07) is 1.97. The van der Waals surface area contributed by atoms with E-state index in [2.05, 4.69) is 10.1 Å². The van der Waals surface area contributed by atoms with E-state index in [1.165, 1.54) is 0 Å². The number of amides is 2. The highest BCUT2D eigenvalue weighted by atomic mass is 16.2. The van der Waals surface area contributed by atoms with E-state index in [1.807, 2.05) is 36.3 Å². The van der Waals surface area contributed by atoms with Crippen LogP contribution in [0.4, 0.5) is 0 Å². The Hall–Kier alpha value is -2.44. The highest BCUT2D eigenvalue weighted by Gasteiger charge is 2.24. The number of rotatable bonds is 6. The van der Waals surface area contributed by atoms with Crippen LogP contribution in [0.2, 0.25) is 0 Å². The molecule has 146 valence electrons. The van der Waals surface area contributed by atoms with E-state index < -0.39 is 0 Å². The van der Waals surface area contributed by atoms with Gasteiger partial charge in [-0.2, -0.15) is 5.10 Å². The lowest BCUT2D eigenvalue weighted by atomic mass is 9.93. The minimum absolute atomic E-state index is 0.175. The molecule has 2 aromatic heterocycles. The van der Waals surface area contributed by atoms with Crippen molar-refractivity contribution in [3.63, 3.8) is 0 Å². The smallest absolute Gasteiger partial charge is 0.222 e. The van der Waals surface area contributed by atoms with Gasteiger partial charge in [-0.3, -0.25) is 9.59 Å². The van der Waals surface area contributed by atoms with E-state index in [1.54, 1.807) is 0 Å². The summed E-state index contributed by atoms with van der Waals surface area (Å²) in [6.45, 7) is 7.53. The van der Waals surface area contributed by atoms with E-state index in [-0.39, 0.29) is 11.8 Å². The third-order valence-corrected chi connectivity index (χ3v) is 5.55. The SMILES string of the molecule is Cc1cc2nc(C)c(CCC(=O)N3CCCC(CCC(N)=O)C3)c(C)n2n1. The van der Waals surface area contributed by atoms with Gasteiger partial charge in [-0.25, -0.2) is 9.50 Å². The molecule has 3 rings (SSSR count). The number of carbonyl (C=O) groups is 2. The molecule has 0 bridgehead atoms. The summed E-state index contributed by atoms with van der Waals surface area (Å²) in [5.41, 5.74) is 10.2. The Morgan fingerprint density at radius 3 is 2.78 bits per heavy atom. The van der Waals surface area contributed by atoms with Gasteiger partial charge < -0.3 is 10.6 Å². The van der Waals surface area contributed by atoms with Crippen molar-refractivity contribution in [2.45, 2.75) is 59.3 Å². The van der Waals surface area contributed by atoms with E-state index in [0.717, 1.165) is 60.6 Å². The Kier molecular flexibility index (Phi) is 5.77. The molecule has 1 fully saturated rings. The molecule has 1 saturated heterocycles. The first kappa shape index (κ1) is 19.3. The maximum atomic E-state index is 12.7. The fourth-order valence-electron chi connectivity index (χ4n) is 4.07. The van der Waals surface area contributed by atoms with Crippen molar-refractivity contribution in [1.82, 2.24) is 19.5 Å². The third kappa shape index (κ3) is 4.46. The largest absolute Gasteiger partial charge is 0.370 e. The second-order valence-corrected chi connectivity index (χ2v) is 7.67. The molecule has 0 radical (unpaired) electrons. The molecule has 3 heterocycles. The Balaban J connectivity index is 1.63. The van der Waals surface area contributed by atoms with Crippen LogP contribution < -0.4 is 5.73 Å². The average Bonchev–Trinajstić information content (AvgIpc) is 3.00. The van der Waals surface area contributed by atoms with Crippen LogP contribution in [0.1, 0.15) is 54.7 Å². The van der Waals surface area contributed by atoms with E-state index in [4.69, 9.17) is 5.73 Å². The fourth-order valence-corrected chi connectivity index (χ4v) is 4.07. The molecule has 1 aliphatic heterocycles. The first-order valence-electron chi connectivity index (χ1n) is 9.73. The van der Waals surface area contributed by atoms with Crippen LogP contribution in [0.5, 0.6) is 0 Å². The molecule has 1 aliphatic rings. The molecule has 7 heteroatoms. The number of aryl methyl sites for hydroxylation is 3. The van der Waals surface area contributed by atoms with Crippen molar-refractivity contribution >= 4 is 17.5 Å². The van der Waals surface area contributed by atoms with Crippen LogP contribution in [0.25, 0.3) is 5.65 Å². The summed E-state index contributed by atoms with van der Waals surface area (Å²) >= 11 is 0. The molecule has 2 aromatic rings. The van der Waals surface area contributed by atoms with E-state index in [9.17, 15) is 9.59 Å². The van der Waals surface area contributed by atoms with Crippen molar-refractivity contribution in [2.24, 2.45) is 11.7 Å². The van der Waals surface area contributed by atoms with Crippen LogP contribution in [0.15, 0.2) is 6.07 Å². The van der Waals surface area contributed by atoms with Gasteiger partial charge in [-0.1, -0.05) is 0 Å². The Morgan fingerprint density at radius 2 is 2.04 bits per heavy atom. The highest BCUT2D eigenvalue weighted by molar-refractivity contribution is 5.76. The number of piperidine rings is 1. The standard InChI is InChI=1S/C20H29N5O2/c1-13-11-19-22-14(2)17(15(3)25(19)23-13)7-9-20(27)24-10-4-5-16(12-24)6-8-18(21)26/h11,16H,4-10,12H2,1-3H3,(H2,21,26).